The Balaban J connectivity index is 1.20. The van der Waals surface area contributed by atoms with Crippen LogP contribution in [0.1, 0.15) is 58.3 Å². The summed E-state index contributed by atoms with van der Waals surface area (Å²) in [5, 5.41) is 16.0. The molecule has 0 spiro atoms. The Morgan fingerprint density at radius 3 is 2.40 bits per heavy atom. The van der Waals surface area contributed by atoms with E-state index in [9.17, 15) is 4.79 Å². The Bertz CT molecular complexity index is 637. The first-order valence-electron chi connectivity index (χ1n) is 9.66. The van der Waals surface area contributed by atoms with Gasteiger partial charge in [0.15, 0.2) is 4.34 Å². The highest BCUT2D eigenvalue weighted by molar-refractivity contribution is 8.02. The van der Waals surface area contributed by atoms with Crippen LogP contribution in [0, 0.1) is 17.8 Å². The highest BCUT2D eigenvalue weighted by Gasteiger charge is 2.51. The summed E-state index contributed by atoms with van der Waals surface area (Å²) in [6, 6.07) is 0.586. The molecule has 5 aliphatic rings. The maximum absolute atomic E-state index is 12.8. The van der Waals surface area contributed by atoms with Crippen LogP contribution < -0.4 is 10.6 Å². The van der Waals surface area contributed by atoms with Gasteiger partial charge in [-0.1, -0.05) is 23.1 Å². The van der Waals surface area contributed by atoms with Crippen molar-refractivity contribution in [1.29, 1.82) is 0 Å². The van der Waals surface area contributed by atoms with Gasteiger partial charge in [-0.2, -0.15) is 0 Å². The molecule has 1 aromatic heterocycles. The molecule has 1 amide bonds. The molecule has 5 nitrogen and oxygen atoms in total. The van der Waals surface area contributed by atoms with Gasteiger partial charge in [-0.05, 0) is 76.0 Å². The minimum atomic E-state index is -0.116. The molecule has 0 saturated heterocycles. The van der Waals surface area contributed by atoms with Crippen molar-refractivity contribution in [3.05, 3.63) is 0 Å². The predicted octanol–water partition coefficient (Wildman–Crippen LogP) is 3.68. The Kier molecular flexibility index (Phi) is 4.00. The molecule has 5 aliphatic carbocycles. The third-order valence-corrected chi connectivity index (χ3v) is 8.42. The predicted molar refractivity (Wildman–Crippen MR) is 101 cm³/mol. The number of amides is 1. The summed E-state index contributed by atoms with van der Waals surface area (Å²) in [6.07, 6.45) is 10.3. The molecule has 136 valence electrons. The molecule has 1 heterocycles. The fourth-order valence-corrected chi connectivity index (χ4v) is 7.52. The maximum Gasteiger partial charge on any atom is 0.233 e. The van der Waals surface area contributed by atoms with Crippen molar-refractivity contribution in [3.8, 4) is 0 Å². The second-order valence-corrected chi connectivity index (χ2v) is 11.3. The van der Waals surface area contributed by atoms with Crippen molar-refractivity contribution in [2.75, 3.05) is 5.32 Å². The quantitative estimate of drug-likeness (QED) is 0.739. The summed E-state index contributed by atoms with van der Waals surface area (Å²) < 4.78 is 0.885. The molecule has 7 heteroatoms. The van der Waals surface area contributed by atoms with Crippen LogP contribution in [0.3, 0.4) is 0 Å². The van der Waals surface area contributed by atoms with Crippen LogP contribution in [0.4, 0.5) is 5.13 Å². The van der Waals surface area contributed by atoms with Gasteiger partial charge in [-0.25, -0.2) is 0 Å². The molecule has 5 saturated carbocycles. The number of nitrogens with zero attached hydrogens (tertiary/aromatic N) is 2. The topological polar surface area (TPSA) is 66.9 Å². The van der Waals surface area contributed by atoms with Crippen LogP contribution in [0.25, 0.3) is 0 Å². The van der Waals surface area contributed by atoms with E-state index in [0.29, 0.717) is 6.04 Å². The number of aromatic nitrogens is 2. The summed E-state index contributed by atoms with van der Waals surface area (Å²) in [5.74, 6) is 2.75. The van der Waals surface area contributed by atoms with Crippen LogP contribution in [0.15, 0.2) is 4.34 Å². The van der Waals surface area contributed by atoms with Crippen molar-refractivity contribution in [1.82, 2.24) is 15.5 Å². The van der Waals surface area contributed by atoms with Gasteiger partial charge in [0.25, 0.3) is 0 Å². The van der Waals surface area contributed by atoms with Gasteiger partial charge in [-0.15, -0.1) is 10.2 Å². The van der Waals surface area contributed by atoms with Gasteiger partial charge in [-0.3, -0.25) is 4.79 Å². The van der Waals surface area contributed by atoms with Crippen molar-refractivity contribution in [2.24, 2.45) is 17.8 Å². The van der Waals surface area contributed by atoms with Crippen molar-refractivity contribution in [3.63, 3.8) is 0 Å². The largest absolute Gasteiger partial charge is 0.357 e. The molecule has 0 aromatic carbocycles. The molecule has 0 radical (unpaired) electrons. The zero-order valence-electron chi connectivity index (χ0n) is 14.7. The number of carbonyl (C=O) groups is 1. The molecule has 4 bridgehead atoms. The number of carbonyl (C=O) groups excluding carboxylic acids is 1. The lowest BCUT2D eigenvalue weighted by Crippen LogP contribution is -2.60. The van der Waals surface area contributed by atoms with Gasteiger partial charge in [0.05, 0.1) is 5.25 Å². The number of anilines is 1. The monoisotopic (exact) mass is 378 g/mol. The fourth-order valence-electron chi connectivity index (χ4n) is 5.55. The second-order valence-electron chi connectivity index (χ2n) is 8.74. The molecule has 1 atom stereocenters. The smallest absolute Gasteiger partial charge is 0.233 e. The van der Waals surface area contributed by atoms with Crippen LogP contribution in [-0.2, 0) is 4.79 Å². The molecule has 25 heavy (non-hydrogen) atoms. The van der Waals surface area contributed by atoms with Gasteiger partial charge in [0.2, 0.25) is 11.0 Å². The Labute approximate surface area is 157 Å². The minimum Gasteiger partial charge on any atom is -0.357 e. The molecule has 6 rings (SSSR count). The number of nitrogens with one attached hydrogen (secondary N) is 2. The summed E-state index contributed by atoms with van der Waals surface area (Å²) in [6.45, 7) is 2.00. The van der Waals surface area contributed by atoms with E-state index in [-0.39, 0.29) is 16.7 Å². The standard InChI is InChI=1S/C18H26N4OS2/c1-10(24-17-22-21-16(25-17)19-14-2-3-14)15(23)20-18-7-11-4-12(8-18)6-13(5-11)9-18/h10-14H,2-9H2,1H3,(H,19,21)(H,20,23)/t10-,11?,12?,13?,18?/m0/s1. The highest BCUT2D eigenvalue weighted by Crippen LogP contribution is 2.55. The lowest BCUT2D eigenvalue weighted by atomic mass is 9.53. The first-order valence-corrected chi connectivity index (χ1v) is 11.4. The van der Waals surface area contributed by atoms with E-state index in [4.69, 9.17) is 0 Å². The molecule has 0 aliphatic heterocycles. The molecule has 0 unspecified atom stereocenters. The maximum atomic E-state index is 12.8. The lowest BCUT2D eigenvalue weighted by molar-refractivity contribution is -0.126. The Hall–Kier alpha value is -0.820. The zero-order valence-corrected chi connectivity index (χ0v) is 16.3. The van der Waals surface area contributed by atoms with E-state index in [1.165, 1.54) is 51.4 Å². The summed E-state index contributed by atoms with van der Waals surface area (Å²) in [5.41, 5.74) is 0.0977. The number of thioether (sulfide) groups is 1. The first-order chi connectivity index (χ1) is 12.1. The number of hydrogen-bond donors (Lipinski definition) is 2. The van der Waals surface area contributed by atoms with Crippen molar-refractivity contribution in [2.45, 2.75) is 79.5 Å². The van der Waals surface area contributed by atoms with E-state index in [1.807, 2.05) is 6.92 Å². The third kappa shape index (κ3) is 3.42. The molecule has 5 fully saturated rings. The number of hydrogen-bond acceptors (Lipinski definition) is 6. The molecule has 2 N–H and O–H groups in total. The average molecular weight is 379 g/mol. The van der Waals surface area contributed by atoms with E-state index in [1.54, 1.807) is 23.1 Å². The minimum absolute atomic E-state index is 0.0977. The van der Waals surface area contributed by atoms with Crippen LogP contribution >= 0.6 is 23.1 Å². The van der Waals surface area contributed by atoms with Crippen LogP contribution in [-0.4, -0.2) is 32.9 Å². The SMILES string of the molecule is C[C@H](Sc1nnc(NC2CC2)s1)C(=O)NC12CC3CC(CC(C3)C1)C2. The van der Waals surface area contributed by atoms with Gasteiger partial charge in [0, 0.05) is 11.6 Å². The normalized spacial score (nSPS) is 37.1. The Morgan fingerprint density at radius 2 is 1.80 bits per heavy atom. The zero-order chi connectivity index (χ0) is 17.0. The van der Waals surface area contributed by atoms with Crippen LogP contribution in [0.2, 0.25) is 0 Å². The lowest BCUT2D eigenvalue weighted by Gasteiger charge is -2.57. The van der Waals surface area contributed by atoms with E-state index in [2.05, 4.69) is 20.8 Å². The van der Waals surface area contributed by atoms with Gasteiger partial charge < -0.3 is 10.6 Å². The summed E-state index contributed by atoms with van der Waals surface area (Å²) in [7, 11) is 0. The molecular weight excluding hydrogens is 352 g/mol. The average Bonchev–Trinajstić information content (AvgIpc) is 3.24. The van der Waals surface area contributed by atoms with E-state index in [0.717, 1.165) is 27.2 Å². The van der Waals surface area contributed by atoms with Gasteiger partial charge in [0.1, 0.15) is 0 Å². The van der Waals surface area contributed by atoms with E-state index >= 15 is 0 Å². The first kappa shape index (κ1) is 16.4. The highest BCUT2D eigenvalue weighted by atomic mass is 32.2. The van der Waals surface area contributed by atoms with E-state index < -0.39 is 0 Å². The summed E-state index contributed by atoms with van der Waals surface area (Å²) >= 11 is 3.11. The fraction of sp³-hybridized carbons (Fsp3) is 0.833. The van der Waals surface area contributed by atoms with Crippen LogP contribution in [0.5, 0.6) is 0 Å². The Morgan fingerprint density at radius 1 is 1.16 bits per heavy atom. The second kappa shape index (κ2) is 6.12. The number of rotatable bonds is 6. The molecular formula is C18H26N4OS2. The van der Waals surface area contributed by atoms with Gasteiger partial charge >= 0.3 is 0 Å². The van der Waals surface area contributed by atoms with Crippen molar-refractivity contribution >= 4 is 34.1 Å². The summed E-state index contributed by atoms with van der Waals surface area (Å²) in [4.78, 5) is 12.8. The van der Waals surface area contributed by atoms with Crippen molar-refractivity contribution < 1.29 is 4.79 Å². The third-order valence-electron chi connectivity index (χ3n) is 6.38. The molecule has 1 aromatic rings.